The Hall–Kier alpha value is -0.810. The maximum atomic E-state index is 5.47. The second-order valence-corrected chi connectivity index (χ2v) is 7.84. The van der Waals surface area contributed by atoms with Crippen molar-refractivity contribution in [3.63, 3.8) is 0 Å². The number of rotatable bonds is 3. The molecule has 0 aromatic heterocycles. The number of ether oxygens (including phenoxy) is 1. The molecule has 3 rings (SSSR count). The van der Waals surface area contributed by atoms with Gasteiger partial charge in [-0.2, -0.15) is 0 Å². The van der Waals surface area contributed by atoms with Gasteiger partial charge in [0.25, 0.3) is 0 Å². The van der Waals surface area contributed by atoms with Gasteiger partial charge in [0, 0.05) is 45.3 Å². The van der Waals surface area contributed by atoms with Crippen LogP contribution in [-0.4, -0.2) is 74.3 Å². The van der Waals surface area contributed by atoms with E-state index in [0.717, 1.165) is 45.4 Å². The molecule has 1 saturated carbocycles. The third-order valence-corrected chi connectivity index (χ3v) is 5.91. The Morgan fingerprint density at radius 2 is 1.91 bits per heavy atom. The lowest BCUT2D eigenvalue weighted by Gasteiger charge is -2.42. The van der Waals surface area contributed by atoms with Gasteiger partial charge in [0.1, 0.15) is 0 Å². The topological polar surface area (TPSA) is 40.1 Å². The van der Waals surface area contributed by atoms with Crippen molar-refractivity contribution in [3.8, 4) is 0 Å². The van der Waals surface area contributed by atoms with Crippen LogP contribution in [0.5, 0.6) is 0 Å². The molecule has 3 fully saturated rings. The van der Waals surface area contributed by atoms with E-state index in [1.807, 2.05) is 7.05 Å². The molecule has 2 heterocycles. The van der Waals surface area contributed by atoms with E-state index in [2.05, 4.69) is 34.0 Å². The lowest BCUT2D eigenvalue weighted by Crippen LogP contribution is -2.56. The summed E-state index contributed by atoms with van der Waals surface area (Å²) in [5.41, 5.74) is 0.755. The average molecular weight is 308 g/mol. The fourth-order valence-electron chi connectivity index (χ4n) is 4.11. The molecule has 1 N–H and O–H groups in total. The smallest absolute Gasteiger partial charge is 0.193 e. The molecule has 1 aliphatic carbocycles. The van der Waals surface area contributed by atoms with Crippen molar-refractivity contribution in [1.29, 1.82) is 0 Å². The Morgan fingerprint density at radius 1 is 1.18 bits per heavy atom. The summed E-state index contributed by atoms with van der Waals surface area (Å²) < 4.78 is 5.47. The summed E-state index contributed by atoms with van der Waals surface area (Å²) in [4.78, 5) is 9.52. The molecular formula is C17H32N4O. The van der Waals surface area contributed by atoms with E-state index in [1.54, 1.807) is 0 Å². The zero-order chi connectivity index (χ0) is 15.6. The number of nitrogens with zero attached hydrogens (tertiary/aromatic N) is 3. The Kier molecular flexibility index (Phi) is 4.64. The minimum Gasteiger partial charge on any atom is -0.379 e. The normalized spacial score (nSPS) is 26.3. The van der Waals surface area contributed by atoms with Crippen molar-refractivity contribution in [2.45, 2.75) is 45.1 Å². The molecule has 22 heavy (non-hydrogen) atoms. The van der Waals surface area contributed by atoms with Gasteiger partial charge in [-0.1, -0.05) is 6.42 Å². The van der Waals surface area contributed by atoms with E-state index < -0.39 is 0 Å². The van der Waals surface area contributed by atoms with Gasteiger partial charge in [-0.05, 0) is 38.5 Å². The Bertz CT molecular complexity index is 411. The molecule has 0 aromatic rings. The van der Waals surface area contributed by atoms with Crippen molar-refractivity contribution in [2.75, 3.05) is 53.0 Å². The third kappa shape index (κ3) is 3.25. The van der Waals surface area contributed by atoms with Crippen molar-refractivity contribution in [3.05, 3.63) is 0 Å². The summed E-state index contributed by atoms with van der Waals surface area (Å²) in [5.74, 6) is 1.09. The van der Waals surface area contributed by atoms with Crippen LogP contribution in [0.1, 0.15) is 39.5 Å². The molecule has 0 bridgehead atoms. The average Bonchev–Trinajstić information content (AvgIpc) is 2.94. The monoisotopic (exact) mass is 308 g/mol. The predicted octanol–water partition coefficient (Wildman–Crippen LogP) is 1.55. The molecule has 2 saturated heterocycles. The minimum absolute atomic E-state index is 0.133. The highest BCUT2D eigenvalue weighted by molar-refractivity contribution is 5.80. The van der Waals surface area contributed by atoms with E-state index in [4.69, 9.17) is 4.74 Å². The van der Waals surface area contributed by atoms with Crippen LogP contribution in [0.4, 0.5) is 0 Å². The first kappa shape index (κ1) is 16.1. The molecule has 5 nitrogen and oxygen atoms in total. The highest BCUT2D eigenvalue weighted by Crippen LogP contribution is 2.47. The van der Waals surface area contributed by atoms with Crippen LogP contribution in [0.25, 0.3) is 0 Å². The van der Waals surface area contributed by atoms with Gasteiger partial charge < -0.3 is 15.0 Å². The lowest BCUT2D eigenvalue weighted by molar-refractivity contribution is -0.00848. The quantitative estimate of drug-likeness (QED) is 0.634. The largest absolute Gasteiger partial charge is 0.379 e. The SMILES string of the molecule is CN=C(NCC(C)(C)N1CCOCC1)N1CCC2(CCC2)C1. The van der Waals surface area contributed by atoms with Gasteiger partial charge in [0.05, 0.1) is 13.2 Å². The second kappa shape index (κ2) is 6.36. The van der Waals surface area contributed by atoms with E-state index in [1.165, 1.54) is 32.2 Å². The molecule has 2 aliphatic heterocycles. The summed E-state index contributed by atoms with van der Waals surface area (Å²) >= 11 is 0. The first-order valence-corrected chi connectivity index (χ1v) is 8.83. The van der Waals surface area contributed by atoms with Crippen molar-refractivity contribution >= 4 is 5.96 Å². The van der Waals surface area contributed by atoms with E-state index in [-0.39, 0.29) is 5.54 Å². The third-order valence-electron chi connectivity index (χ3n) is 5.91. The lowest BCUT2D eigenvalue weighted by atomic mass is 9.68. The van der Waals surface area contributed by atoms with E-state index in [0.29, 0.717) is 5.41 Å². The van der Waals surface area contributed by atoms with Crippen LogP contribution in [0.15, 0.2) is 4.99 Å². The molecule has 3 aliphatic rings. The fourth-order valence-corrected chi connectivity index (χ4v) is 4.11. The molecule has 126 valence electrons. The summed E-state index contributed by atoms with van der Waals surface area (Å²) in [6.07, 6.45) is 5.60. The molecule has 1 spiro atoms. The molecule has 5 heteroatoms. The first-order valence-electron chi connectivity index (χ1n) is 8.83. The number of hydrogen-bond acceptors (Lipinski definition) is 3. The number of guanidine groups is 1. The van der Waals surface area contributed by atoms with E-state index in [9.17, 15) is 0 Å². The van der Waals surface area contributed by atoms with Gasteiger partial charge >= 0.3 is 0 Å². The number of likely N-dealkylation sites (tertiary alicyclic amines) is 1. The number of morpholine rings is 1. The predicted molar refractivity (Wildman–Crippen MR) is 90.3 cm³/mol. The van der Waals surface area contributed by atoms with Crippen molar-refractivity contribution < 1.29 is 4.74 Å². The molecule has 0 radical (unpaired) electrons. The summed E-state index contributed by atoms with van der Waals surface area (Å²) in [5, 5.41) is 3.63. The number of aliphatic imine (C=N–C) groups is 1. The highest BCUT2D eigenvalue weighted by atomic mass is 16.5. The van der Waals surface area contributed by atoms with Crippen LogP contribution in [-0.2, 0) is 4.74 Å². The van der Waals surface area contributed by atoms with Crippen LogP contribution < -0.4 is 5.32 Å². The molecule has 0 atom stereocenters. The minimum atomic E-state index is 0.133. The molecule has 0 unspecified atom stereocenters. The maximum absolute atomic E-state index is 5.47. The fraction of sp³-hybridized carbons (Fsp3) is 0.941. The van der Waals surface area contributed by atoms with Gasteiger partial charge in [-0.25, -0.2) is 0 Å². The van der Waals surface area contributed by atoms with Crippen molar-refractivity contribution in [1.82, 2.24) is 15.1 Å². The Balaban J connectivity index is 1.52. The summed E-state index contributed by atoms with van der Waals surface area (Å²) in [6, 6.07) is 0. The van der Waals surface area contributed by atoms with E-state index >= 15 is 0 Å². The number of hydrogen-bond donors (Lipinski definition) is 1. The van der Waals surface area contributed by atoms with Crippen LogP contribution in [0.3, 0.4) is 0 Å². The van der Waals surface area contributed by atoms with Gasteiger partial charge in [0.2, 0.25) is 0 Å². The first-order chi connectivity index (χ1) is 10.5. The maximum Gasteiger partial charge on any atom is 0.193 e. The van der Waals surface area contributed by atoms with Crippen LogP contribution >= 0.6 is 0 Å². The zero-order valence-electron chi connectivity index (χ0n) is 14.5. The van der Waals surface area contributed by atoms with Crippen molar-refractivity contribution in [2.24, 2.45) is 10.4 Å². The van der Waals surface area contributed by atoms with Crippen LogP contribution in [0, 0.1) is 5.41 Å². The van der Waals surface area contributed by atoms with Crippen LogP contribution in [0.2, 0.25) is 0 Å². The molecule has 0 amide bonds. The summed E-state index contributed by atoms with van der Waals surface area (Å²) in [6.45, 7) is 11.7. The second-order valence-electron chi connectivity index (χ2n) is 7.84. The van der Waals surface area contributed by atoms with Gasteiger partial charge in [-0.15, -0.1) is 0 Å². The van der Waals surface area contributed by atoms with Gasteiger partial charge in [0.15, 0.2) is 5.96 Å². The molecule has 0 aromatic carbocycles. The summed E-state index contributed by atoms with van der Waals surface area (Å²) in [7, 11) is 1.91. The highest BCUT2D eigenvalue weighted by Gasteiger charge is 2.43. The standard InChI is InChI=1S/C17H32N4O/c1-16(2,21-9-11-22-12-10-21)13-19-15(18-3)20-8-7-17(14-20)5-4-6-17/h4-14H2,1-3H3,(H,18,19). The zero-order valence-corrected chi connectivity index (χ0v) is 14.5. The Labute approximate surface area is 135 Å². The molecular weight excluding hydrogens is 276 g/mol. The number of nitrogens with one attached hydrogen (secondary N) is 1. The Morgan fingerprint density at radius 3 is 2.45 bits per heavy atom. The van der Waals surface area contributed by atoms with Gasteiger partial charge in [-0.3, -0.25) is 9.89 Å².